The van der Waals surface area contributed by atoms with Crippen LogP contribution in [0.2, 0.25) is 5.02 Å². The minimum atomic E-state index is -0.904. The van der Waals surface area contributed by atoms with Crippen LogP contribution in [0, 0.1) is 13.8 Å². The van der Waals surface area contributed by atoms with Crippen LogP contribution in [0.3, 0.4) is 0 Å². The quantitative estimate of drug-likeness (QED) is 0.328. The SMILES string of the molecule is Cc1cccc(NC(=O)COc2ccc(/C=C3/C(=O)NC(=O)N(c4ccc(O)cc4)C3=O)cc2Cl)c1C. The number of carbonyl (C=O) groups excluding carboxylic acids is 4. The molecule has 0 unspecified atom stereocenters. The van der Waals surface area contributed by atoms with E-state index in [9.17, 15) is 24.3 Å². The molecule has 0 spiro atoms. The number of aromatic hydroxyl groups is 1. The minimum absolute atomic E-state index is 0.0415. The largest absolute Gasteiger partial charge is 0.508 e. The topological polar surface area (TPSA) is 125 Å². The molecular weight excluding hydrogens is 498 g/mol. The lowest BCUT2D eigenvalue weighted by atomic mass is 10.1. The molecule has 1 heterocycles. The van der Waals surface area contributed by atoms with Crippen molar-refractivity contribution in [2.45, 2.75) is 13.8 Å². The van der Waals surface area contributed by atoms with Gasteiger partial charge >= 0.3 is 6.03 Å². The number of barbiturate groups is 1. The van der Waals surface area contributed by atoms with Crippen LogP contribution in [0.1, 0.15) is 16.7 Å². The zero-order valence-electron chi connectivity index (χ0n) is 19.9. The number of urea groups is 1. The molecule has 9 nitrogen and oxygen atoms in total. The molecule has 0 radical (unpaired) electrons. The number of nitrogens with one attached hydrogen (secondary N) is 2. The van der Waals surface area contributed by atoms with Gasteiger partial charge in [-0.3, -0.25) is 19.7 Å². The molecule has 4 rings (SSSR count). The van der Waals surface area contributed by atoms with Gasteiger partial charge in [0.15, 0.2) is 6.61 Å². The van der Waals surface area contributed by atoms with Crippen LogP contribution in [0.15, 0.2) is 66.2 Å². The van der Waals surface area contributed by atoms with Crippen LogP contribution in [-0.4, -0.2) is 35.5 Å². The van der Waals surface area contributed by atoms with Crippen molar-refractivity contribution in [3.8, 4) is 11.5 Å². The van der Waals surface area contributed by atoms with E-state index in [4.69, 9.17) is 16.3 Å². The van der Waals surface area contributed by atoms with Gasteiger partial charge in [0, 0.05) is 5.69 Å². The number of amides is 5. The van der Waals surface area contributed by atoms with Gasteiger partial charge < -0.3 is 15.2 Å². The Morgan fingerprint density at radius 3 is 2.51 bits per heavy atom. The van der Waals surface area contributed by atoms with E-state index in [2.05, 4.69) is 10.6 Å². The third-order valence-corrected chi connectivity index (χ3v) is 6.01. The minimum Gasteiger partial charge on any atom is -0.508 e. The molecular formula is C27H22ClN3O6. The number of rotatable bonds is 6. The van der Waals surface area contributed by atoms with Crippen LogP contribution in [0.4, 0.5) is 16.2 Å². The predicted molar refractivity (Wildman–Crippen MR) is 139 cm³/mol. The summed E-state index contributed by atoms with van der Waals surface area (Å²) in [4.78, 5) is 50.8. The van der Waals surface area contributed by atoms with Gasteiger partial charge in [0.05, 0.1) is 10.7 Å². The molecule has 0 aromatic heterocycles. The first-order valence-electron chi connectivity index (χ1n) is 11.1. The fourth-order valence-corrected chi connectivity index (χ4v) is 3.84. The molecule has 3 aromatic carbocycles. The van der Waals surface area contributed by atoms with Crippen LogP contribution >= 0.6 is 11.6 Å². The van der Waals surface area contributed by atoms with Crippen LogP contribution < -0.4 is 20.3 Å². The highest BCUT2D eigenvalue weighted by Crippen LogP contribution is 2.28. The van der Waals surface area contributed by atoms with Gasteiger partial charge in [-0.05, 0) is 79.1 Å². The van der Waals surface area contributed by atoms with Gasteiger partial charge in [0.2, 0.25) is 0 Å². The van der Waals surface area contributed by atoms with E-state index in [0.29, 0.717) is 11.3 Å². The number of ether oxygens (including phenoxy) is 1. The molecule has 37 heavy (non-hydrogen) atoms. The molecule has 188 valence electrons. The highest BCUT2D eigenvalue weighted by Gasteiger charge is 2.36. The number of halogens is 1. The van der Waals surface area contributed by atoms with E-state index in [1.165, 1.54) is 42.5 Å². The van der Waals surface area contributed by atoms with E-state index in [1.54, 1.807) is 12.1 Å². The van der Waals surface area contributed by atoms with Gasteiger partial charge in [-0.1, -0.05) is 29.8 Å². The van der Waals surface area contributed by atoms with Gasteiger partial charge in [0.1, 0.15) is 17.1 Å². The van der Waals surface area contributed by atoms with Crippen LogP contribution in [-0.2, 0) is 14.4 Å². The third kappa shape index (κ3) is 5.62. The number of phenols is 1. The second kappa shape index (κ2) is 10.5. The van der Waals surface area contributed by atoms with E-state index < -0.39 is 17.8 Å². The van der Waals surface area contributed by atoms with E-state index in [0.717, 1.165) is 16.0 Å². The first-order chi connectivity index (χ1) is 17.6. The lowest BCUT2D eigenvalue weighted by Crippen LogP contribution is -2.54. The van der Waals surface area contributed by atoms with Crippen molar-refractivity contribution < 1.29 is 29.0 Å². The second-order valence-corrected chi connectivity index (χ2v) is 8.66. The monoisotopic (exact) mass is 519 g/mol. The lowest BCUT2D eigenvalue weighted by molar-refractivity contribution is -0.122. The van der Waals surface area contributed by atoms with Gasteiger partial charge in [-0.15, -0.1) is 0 Å². The molecule has 3 aromatic rings. The summed E-state index contributed by atoms with van der Waals surface area (Å²) in [5.41, 5.74) is 2.99. The number of carbonyl (C=O) groups is 4. The predicted octanol–water partition coefficient (Wildman–Crippen LogP) is 4.35. The van der Waals surface area contributed by atoms with E-state index >= 15 is 0 Å². The number of aryl methyl sites for hydroxylation is 1. The fraction of sp³-hybridized carbons (Fsp3) is 0.111. The zero-order chi connectivity index (χ0) is 26.7. The number of imide groups is 2. The summed E-state index contributed by atoms with van der Waals surface area (Å²) in [6.07, 6.45) is 1.29. The molecule has 0 bridgehead atoms. The summed E-state index contributed by atoms with van der Waals surface area (Å²) in [6, 6.07) is 14.6. The van der Waals surface area contributed by atoms with Crippen molar-refractivity contribution in [1.29, 1.82) is 0 Å². The highest BCUT2D eigenvalue weighted by molar-refractivity contribution is 6.39. The maximum Gasteiger partial charge on any atom is 0.335 e. The van der Waals surface area contributed by atoms with Gasteiger partial charge in [-0.2, -0.15) is 0 Å². The Morgan fingerprint density at radius 2 is 1.81 bits per heavy atom. The van der Waals surface area contributed by atoms with E-state index in [1.807, 2.05) is 26.0 Å². The van der Waals surface area contributed by atoms with Crippen molar-refractivity contribution in [1.82, 2.24) is 5.32 Å². The Bertz CT molecular complexity index is 1450. The number of anilines is 2. The molecule has 0 atom stereocenters. The Labute approximate surface area is 217 Å². The van der Waals surface area contributed by atoms with Crippen LogP contribution in [0.25, 0.3) is 6.08 Å². The number of hydrogen-bond acceptors (Lipinski definition) is 6. The number of hydrogen-bond donors (Lipinski definition) is 3. The zero-order valence-corrected chi connectivity index (χ0v) is 20.6. The van der Waals surface area contributed by atoms with Crippen LogP contribution in [0.5, 0.6) is 11.5 Å². The Balaban J connectivity index is 1.47. The first-order valence-corrected chi connectivity index (χ1v) is 11.5. The second-order valence-electron chi connectivity index (χ2n) is 8.25. The average Bonchev–Trinajstić information content (AvgIpc) is 2.85. The fourth-order valence-electron chi connectivity index (χ4n) is 3.60. The number of benzene rings is 3. The molecule has 3 N–H and O–H groups in total. The molecule has 5 amide bonds. The van der Waals surface area contributed by atoms with Crippen molar-refractivity contribution in [2.75, 3.05) is 16.8 Å². The summed E-state index contributed by atoms with van der Waals surface area (Å²) in [5.74, 6) is -1.86. The van der Waals surface area contributed by atoms with Crippen molar-refractivity contribution in [3.05, 3.63) is 87.9 Å². The van der Waals surface area contributed by atoms with Crippen molar-refractivity contribution in [2.24, 2.45) is 0 Å². The maximum atomic E-state index is 13.0. The normalized spacial score (nSPS) is 14.5. The van der Waals surface area contributed by atoms with Gasteiger partial charge in [0.25, 0.3) is 17.7 Å². The lowest BCUT2D eigenvalue weighted by Gasteiger charge is -2.26. The third-order valence-electron chi connectivity index (χ3n) is 5.71. The molecule has 0 saturated carbocycles. The molecule has 1 aliphatic rings. The Hall–Kier alpha value is -4.63. The first kappa shape index (κ1) is 25.5. The average molecular weight is 520 g/mol. The summed E-state index contributed by atoms with van der Waals surface area (Å²) >= 11 is 6.31. The standard InChI is InChI=1S/C27H22ClN3O6/c1-15-4-3-5-22(16(15)2)29-24(33)14-37-23-11-6-17(13-21(23)28)12-20-25(34)30-27(36)31(26(20)35)18-7-9-19(32)10-8-18/h3-13,32H,14H2,1-2H3,(H,29,33)(H,30,34,36)/b20-12-. The summed E-state index contributed by atoms with van der Waals surface area (Å²) in [5, 5.41) is 14.5. The molecule has 10 heteroatoms. The smallest absolute Gasteiger partial charge is 0.335 e. The maximum absolute atomic E-state index is 13.0. The van der Waals surface area contributed by atoms with E-state index in [-0.39, 0.29) is 40.3 Å². The number of nitrogens with zero attached hydrogens (tertiary/aromatic N) is 1. The van der Waals surface area contributed by atoms with Crippen molar-refractivity contribution >= 4 is 52.8 Å². The Kier molecular flexibility index (Phi) is 7.26. The van der Waals surface area contributed by atoms with Gasteiger partial charge in [-0.25, -0.2) is 9.69 Å². The highest BCUT2D eigenvalue weighted by atomic mass is 35.5. The number of phenolic OH excluding ortho intramolecular Hbond substituents is 1. The molecule has 1 fully saturated rings. The summed E-state index contributed by atoms with van der Waals surface area (Å²) in [6.45, 7) is 3.58. The Morgan fingerprint density at radius 1 is 1.08 bits per heavy atom. The molecule has 1 aliphatic heterocycles. The molecule has 0 aliphatic carbocycles. The van der Waals surface area contributed by atoms with Crippen molar-refractivity contribution in [3.63, 3.8) is 0 Å². The molecule has 1 saturated heterocycles. The summed E-state index contributed by atoms with van der Waals surface area (Å²) < 4.78 is 5.54. The summed E-state index contributed by atoms with van der Waals surface area (Å²) in [7, 11) is 0.